The second kappa shape index (κ2) is 17.4. The Hall–Kier alpha value is -3.48. The zero-order valence-corrected chi connectivity index (χ0v) is 26.5. The van der Waals surface area contributed by atoms with Crippen LogP contribution < -0.4 is 10.2 Å². The Morgan fingerprint density at radius 2 is 1.80 bits per heavy atom. The maximum atomic E-state index is 14.8. The SMILES string of the molecule is C.C/C(=C\c1cc(F)cc(N2CCN(CC(=O)O)CC2)c1)[C@H]1OC(=O)C[C@H](O)CC[C@H](C)[C@@H](OC(=O)N2CCNCC2)/C=C/[C@@H]1C.[2HH].[2H][2H].[2H][2H].[2H][2H].[2H][2H].[2H][2H].[2H][2H].[2H][2H].[2H][2H].[2H][2H].[2H][2H].[2H][2H].[2H][2H].[2H][2H].[2H][2H].[2H][2H].[2H][2H]. The van der Waals surface area contributed by atoms with Gasteiger partial charge in [0.1, 0.15) is 18.0 Å². The van der Waals surface area contributed by atoms with Crippen molar-refractivity contribution in [1.29, 1.82) is 0 Å². The van der Waals surface area contributed by atoms with Gasteiger partial charge in [0, 0.05) is 113 Å². The summed E-state index contributed by atoms with van der Waals surface area (Å²) in [6.07, 6.45) is 3.81. The number of halogens is 1. The first-order valence-electron chi connectivity index (χ1n) is 31.9. The number of rotatable bonds is 6. The third-order valence-corrected chi connectivity index (χ3v) is 8.72. The maximum Gasteiger partial charge on any atom is 0.410 e. The molecular weight excluding hydrogens is 595 g/mol. The zero-order valence-electron chi connectivity index (χ0n) is 58.5. The van der Waals surface area contributed by atoms with E-state index in [4.69, 9.17) is 62.1 Å². The number of amides is 1. The number of hydrogen-bond donors (Lipinski definition) is 3. The van der Waals surface area contributed by atoms with E-state index in [-0.39, 0.29) is 39.7 Å². The van der Waals surface area contributed by atoms with Gasteiger partial charge < -0.3 is 34.8 Å². The Labute approximate surface area is 322 Å². The van der Waals surface area contributed by atoms with Gasteiger partial charge in [-0.05, 0) is 61.1 Å². The number of ether oxygens (including phenoxy) is 2. The fourth-order valence-corrected chi connectivity index (χ4v) is 6.05. The van der Waals surface area contributed by atoms with Crippen LogP contribution in [-0.2, 0) is 19.1 Å². The highest BCUT2D eigenvalue weighted by atomic mass is 19.1. The van der Waals surface area contributed by atoms with Crippen LogP contribution in [0.5, 0.6) is 0 Å². The van der Waals surface area contributed by atoms with Gasteiger partial charge in [-0.15, -0.1) is 0 Å². The molecule has 0 aromatic heterocycles. The number of carbonyl (C=O) groups is 3. The van der Waals surface area contributed by atoms with Crippen molar-refractivity contribution in [3.8, 4) is 0 Å². The predicted octanol–water partition coefficient (Wildman–Crippen LogP) is 7.95. The lowest BCUT2D eigenvalue weighted by atomic mass is 9.91. The van der Waals surface area contributed by atoms with Crippen molar-refractivity contribution in [2.45, 2.75) is 65.8 Å². The number of cyclic esters (lactones) is 1. The van der Waals surface area contributed by atoms with Gasteiger partial charge in [0.05, 0.1) is 19.1 Å². The number of carbonyl (C=O) groups excluding carboxylic acids is 2. The number of nitrogens with one attached hydrogen (secondary N) is 1. The first kappa shape index (κ1) is 20.0. The molecule has 1 amide bonds. The summed E-state index contributed by atoms with van der Waals surface area (Å²) in [4.78, 5) is 42.4. The van der Waals surface area contributed by atoms with Crippen molar-refractivity contribution >= 4 is 29.8 Å². The molecule has 1 aromatic carbocycles. The number of aliphatic hydroxyl groups excluding tert-OH is 1. The van der Waals surface area contributed by atoms with E-state index < -0.39 is 36.1 Å². The van der Waals surface area contributed by atoms with Gasteiger partial charge in [-0.25, -0.2) is 9.18 Å². The predicted molar refractivity (Wildman–Crippen MR) is 211 cm³/mol. The van der Waals surface area contributed by atoms with Gasteiger partial charge in [0.2, 0.25) is 0 Å². The highest BCUT2D eigenvalue weighted by Gasteiger charge is 2.29. The van der Waals surface area contributed by atoms with Crippen LogP contribution in [0.25, 0.3) is 6.08 Å². The van der Waals surface area contributed by atoms with Crippen molar-refractivity contribution < 1.29 is 87.4 Å². The van der Waals surface area contributed by atoms with Crippen LogP contribution in [0.2, 0.25) is 0 Å². The second-order valence-electron chi connectivity index (χ2n) is 12.4. The summed E-state index contributed by atoms with van der Waals surface area (Å²) in [6, 6.07) is 4.75. The summed E-state index contributed by atoms with van der Waals surface area (Å²) in [5, 5.41) is 22.9. The largest absolute Gasteiger partial charge is 0.480 e. The molecule has 3 N–H and O–H groups in total. The third-order valence-electron chi connectivity index (χ3n) is 8.72. The molecule has 11 nitrogen and oxygen atoms in total. The van der Waals surface area contributed by atoms with Gasteiger partial charge in [-0.1, -0.05) is 33.4 Å². The number of carboxylic acid groups (broad SMARTS) is 1. The van der Waals surface area contributed by atoms with E-state index >= 15 is 0 Å². The van der Waals surface area contributed by atoms with Crippen LogP contribution in [0.4, 0.5) is 14.9 Å². The lowest BCUT2D eigenvalue weighted by Gasteiger charge is -2.35. The smallest absolute Gasteiger partial charge is 0.410 e. The van der Waals surface area contributed by atoms with Crippen LogP contribution >= 0.6 is 0 Å². The Morgan fingerprint density at radius 3 is 2.48 bits per heavy atom. The maximum absolute atomic E-state index is 14.8. The molecule has 4 rings (SSSR count). The van der Waals surface area contributed by atoms with Crippen LogP contribution in [-0.4, -0.2) is 115 Å². The van der Waals surface area contributed by atoms with Gasteiger partial charge in [-0.2, -0.15) is 0 Å². The number of benzene rings is 1. The van der Waals surface area contributed by atoms with E-state index in [1.165, 1.54) is 12.1 Å². The molecule has 5 atom stereocenters. The Kier molecular flexibility index (Phi) is 7.59. The van der Waals surface area contributed by atoms with Gasteiger partial charge in [-0.3, -0.25) is 14.5 Å². The summed E-state index contributed by atoms with van der Waals surface area (Å²) in [5.74, 6) is -2.20. The quantitative estimate of drug-likeness (QED) is 0.197. The summed E-state index contributed by atoms with van der Waals surface area (Å²) in [7, 11) is 0. The van der Waals surface area contributed by atoms with E-state index in [1.54, 1.807) is 11.0 Å². The number of aliphatic hydroxyl groups is 1. The standard InChI is InChI=1S/C33H47FN4O7.CH4.17H2/c1-22-4-6-28(39)20-31(42)45-32(23(2)5-7-29(22)44-33(43)38-10-8-35-9-11-38)24(3)16-25-17-26(34)19-27(18-25)37-14-12-36(13-15-37)21-30(40)41;;;;;;;;;;;;;;;;;;/h5,7,16-19,22-23,28-29,32,35,39H,4,6,8-15,20-21H2,1-3H3,(H,40,41);1H4;17*1H/b7-5+,24-16+;;;;;;;;;;;;;;;;;;/t22-,23-,28+,29-,32-;;;;;;;;;;;;;;;;;;/m0................../s1/i;;16*1+1D;1+1. The molecular formula is C34H85FN4O7. The number of hydrogen-bond acceptors (Lipinski definition) is 9. The Balaban J connectivity index is -0.0000000797. The molecule has 290 valence electrons. The van der Waals surface area contributed by atoms with Gasteiger partial charge >= 0.3 is 18.0 Å². The third kappa shape index (κ3) is 10.8. The van der Waals surface area contributed by atoms with Crippen LogP contribution in [0.3, 0.4) is 0 Å². The van der Waals surface area contributed by atoms with E-state index in [0.29, 0.717) is 82.0 Å². The average molecular weight is 714 g/mol. The molecule has 2 fully saturated rings. The summed E-state index contributed by atoms with van der Waals surface area (Å²) >= 11 is 0. The molecule has 0 saturated carbocycles. The summed E-state index contributed by atoms with van der Waals surface area (Å²) in [5.41, 5.74) is 1.99. The monoisotopic (exact) mass is 714 g/mol. The first-order valence-corrected chi connectivity index (χ1v) is 15.9. The lowest BCUT2D eigenvalue weighted by molar-refractivity contribution is -0.151. The highest BCUT2D eigenvalue weighted by Crippen LogP contribution is 2.27. The van der Waals surface area contributed by atoms with Crippen LogP contribution in [0, 0.1) is 17.7 Å². The zero-order chi connectivity index (χ0) is 64.5. The number of carboxylic acids is 1. The number of esters is 1. The second-order valence-corrected chi connectivity index (χ2v) is 12.4. The number of piperazine rings is 2. The minimum atomic E-state index is -0.894. The fourth-order valence-electron chi connectivity index (χ4n) is 6.05. The molecule has 3 heterocycles. The molecule has 12 heteroatoms. The highest BCUT2D eigenvalue weighted by molar-refractivity contribution is 5.71. The van der Waals surface area contributed by atoms with Crippen LogP contribution in [0.1, 0.15) is 102 Å². The topological polar surface area (TPSA) is 132 Å². The van der Waals surface area contributed by atoms with Crippen molar-refractivity contribution in [3.63, 3.8) is 0 Å². The molecule has 0 spiro atoms. The van der Waals surface area contributed by atoms with Gasteiger partial charge in [0.25, 0.3) is 0 Å². The van der Waals surface area contributed by atoms with Crippen molar-refractivity contribution in [2.24, 2.45) is 11.8 Å². The minimum absolute atomic E-state index is 0. The Bertz CT molecular complexity index is 1320. The van der Waals surface area contributed by atoms with E-state index in [2.05, 4.69) is 5.32 Å². The molecule has 46 heavy (non-hydrogen) atoms. The van der Waals surface area contributed by atoms with Crippen molar-refractivity contribution in [3.05, 3.63) is 47.3 Å². The molecule has 0 unspecified atom stereocenters. The number of aliphatic carboxylic acids is 1. The van der Waals surface area contributed by atoms with Gasteiger partial charge in [0.15, 0.2) is 0 Å². The molecule has 0 bridgehead atoms. The minimum Gasteiger partial charge on any atom is -0.480 e. The molecule has 3 aliphatic heterocycles. The number of nitrogens with zero attached hydrogens (tertiary/aromatic N) is 3. The number of anilines is 1. The lowest BCUT2D eigenvalue weighted by Crippen LogP contribution is -2.48. The molecule has 2 saturated heterocycles. The molecule has 0 radical (unpaired) electrons. The summed E-state index contributed by atoms with van der Waals surface area (Å²) in [6.45, 7) is 10.5. The average Bonchev–Trinajstić information content (AvgIpc) is 3.52. The fraction of sp³-hybridized carbons (Fsp3) is 0.618. The molecule has 3 aliphatic rings. The van der Waals surface area contributed by atoms with E-state index in [1.807, 2.05) is 48.8 Å². The molecule has 0 aliphatic carbocycles. The van der Waals surface area contributed by atoms with Crippen molar-refractivity contribution in [1.82, 2.24) is 15.1 Å². The molecule has 1 aromatic rings. The summed E-state index contributed by atoms with van der Waals surface area (Å²) < 4.78 is 187. The van der Waals surface area contributed by atoms with E-state index in [0.717, 1.165) is 0 Å². The first-order chi connectivity index (χ1) is 37.5. The van der Waals surface area contributed by atoms with E-state index in [9.17, 15) is 23.9 Å². The van der Waals surface area contributed by atoms with Crippen molar-refractivity contribution in [2.75, 3.05) is 63.8 Å². The Morgan fingerprint density at radius 1 is 1.11 bits per heavy atom. The normalized spacial score (nSPS) is 30.6. The van der Waals surface area contributed by atoms with Crippen LogP contribution in [0.15, 0.2) is 35.9 Å².